The molecular weight excluding hydrogens is 268 g/mol. The van der Waals surface area contributed by atoms with Crippen molar-refractivity contribution in [3.63, 3.8) is 0 Å². The van der Waals surface area contributed by atoms with Gasteiger partial charge in [0.1, 0.15) is 0 Å². The van der Waals surface area contributed by atoms with Gasteiger partial charge in [0.15, 0.2) is 0 Å². The molecule has 96 valence electrons. The van der Waals surface area contributed by atoms with E-state index in [0.717, 1.165) is 11.3 Å². The zero-order chi connectivity index (χ0) is 12.8. The maximum absolute atomic E-state index is 9.98. The zero-order valence-electron chi connectivity index (χ0n) is 9.94. The first kappa shape index (κ1) is 13.5. The molecule has 0 saturated carbocycles. The number of aliphatic hydroxyl groups is 1. The first-order chi connectivity index (χ1) is 8.79. The molecule has 6 heteroatoms. The van der Waals surface area contributed by atoms with E-state index in [0.29, 0.717) is 16.9 Å². The van der Waals surface area contributed by atoms with Crippen molar-refractivity contribution in [1.82, 2.24) is 10.2 Å². The lowest BCUT2D eigenvalue weighted by Gasteiger charge is -2.08. The Morgan fingerprint density at radius 2 is 2.06 bits per heavy atom. The first-order valence-corrected chi connectivity index (χ1v) is 7.84. The highest BCUT2D eigenvalue weighted by molar-refractivity contribution is 7.99. The van der Waals surface area contributed by atoms with Crippen LogP contribution in [-0.4, -0.2) is 27.3 Å². The van der Waals surface area contributed by atoms with E-state index in [1.54, 1.807) is 11.8 Å². The maximum atomic E-state index is 9.98. The van der Waals surface area contributed by atoms with Gasteiger partial charge >= 0.3 is 0 Å². The van der Waals surface area contributed by atoms with Crippen LogP contribution < -0.4 is 0 Å². The highest BCUT2D eigenvalue weighted by Crippen LogP contribution is 2.24. The number of hydrogen-bond acceptors (Lipinski definition) is 6. The Morgan fingerprint density at radius 1 is 1.28 bits per heavy atom. The number of thioether (sulfide) groups is 2. The van der Waals surface area contributed by atoms with Crippen LogP contribution in [0.5, 0.6) is 0 Å². The minimum atomic E-state index is -0.521. The molecule has 1 heterocycles. The van der Waals surface area contributed by atoms with Gasteiger partial charge in [0.2, 0.25) is 5.89 Å². The normalized spacial score (nSPS) is 12.6. The van der Waals surface area contributed by atoms with Gasteiger partial charge in [0.05, 0.1) is 11.9 Å². The van der Waals surface area contributed by atoms with Gasteiger partial charge in [-0.05, 0) is 11.8 Å². The second-order valence-electron chi connectivity index (χ2n) is 3.63. The standard InChI is InChI=1S/C12H14N2O2S2/c1-17-8-11-13-14-12(16-11)18-7-10(15)9-5-3-2-4-6-9/h2-6,10,15H,7-8H2,1H3. The van der Waals surface area contributed by atoms with Crippen LogP contribution >= 0.6 is 23.5 Å². The summed E-state index contributed by atoms with van der Waals surface area (Å²) in [6.45, 7) is 0. The van der Waals surface area contributed by atoms with Crippen LogP contribution in [0.1, 0.15) is 17.6 Å². The molecule has 0 fully saturated rings. The van der Waals surface area contributed by atoms with Gasteiger partial charge in [0, 0.05) is 5.75 Å². The molecule has 4 nitrogen and oxygen atoms in total. The second kappa shape index (κ2) is 6.82. The molecular formula is C12H14N2O2S2. The van der Waals surface area contributed by atoms with Crippen molar-refractivity contribution < 1.29 is 9.52 Å². The predicted molar refractivity (Wildman–Crippen MR) is 73.6 cm³/mol. The number of nitrogens with zero attached hydrogens (tertiary/aromatic N) is 2. The Balaban J connectivity index is 1.87. The van der Waals surface area contributed by atoms with Gasteiger partial charge in [-0.1, -0.05) is 42.1 Å². The highest BCUT2D eigenvalue weighted by Gasteiger charge is 2.11. The summed E-state index contributed by atoms with van der Waals surface area (Å²) in [5.41, 5.74) is 0.897. The summed E-state index contributed by atoms with van der Waals surface area (Å²) in [6, 6.07) is 9.55. The van der Waals surface area contributed by atoms with Gasteiger partial charge in [-0.2, -0.15) is 11.8 Å². The monoisotopic (exact) mass is 282 g/mol. The molecule has 2 aromatic rings. The molecule has 1 unspecified atom stereocenters. The van der Waals surface area contributed by atoms with Crippen molar-refractivity contribution in [1.29, 1.82) is 0 Å². The van der Waals surface area contributed by atoms with Crippen molar-refractivity contribution >= 4 is 23.5 Å². The Bertz CT molecular complexity index is 476. The lowest BCUT2D eigenvalue weighted by Crippen LogP contribution is -1.99. The summed E-state index contributed by atoms with van der Waals surface area (Å²) in [5, 5.41) is 18.3. The molecule has 0 aliphatic carbocycles. The minimum absolute atomic E-state index is 0.505. The quantitative estimate of drug-likeness (QED) is 0.822. The topological polar surface area (TPSA) is 59.2 Å². The fourth-order valence-corrected chi connectivity index (χ4v) is 2.51. The summed E-state index contributed by atoms with van der Waals surface area (Å²) < 4.78 is 5.42. The van der Waals surface area contributed by atoms with Crippen LogP contribution in [0.2, 0.25) is 0 Å². The summed E-state index contributed by atoms with van der Waals surface area (Å²) in [6.07, 6.45) is 1.46. The lowest BCUT2D eigenvalue weighted by atomic mass is 10.1. The number of benzene rings is 1. The number of hydrogen-bond donors (Lipinski definition) is 1. The van der Waals surface area contributed by atoms with Gasteiger partial charge in [-0.25, -0.2) is 0 Å². The van der Waals surface area contributed by atoms with Crippen molar-refractivity contribution in [2.45, 2.75) is 17.1 Å². The molecule has 0 radical (unpaired) electrons. The molecule has 0 spiro atoms. The first-order valence-electron chi connectivity index (χ1n) is 5.46. The van der Waals surface area contributed by atoms with E-state index < -0.39 is 6.10 Å². The molecule has 1 N–H and O–H groups in total. The Labute approximate surface area is 114 Å². The summed E-state index contributed by atoms with van der Waals surface area (Å²) in [5.74, 6) is 1.85. The molecule has 0 saturated heterocycles. The largest absolute Gasteiger partial charge is 0.415 e. The molecule has 0 bridgehead atoms. The van der Waals surface area contributed by atoms with Gasteiger partial charge < -0.3 is 9.52 Å². The second-order valence-corrected chi connectivity index (χ2v) is 5.47. The molecule has 0 aliphatic heterocycles. The fraction of sp³-hybridized carbons (Fsp3) is 0.333. The maximum Gasteiger partial charge on any atom is 0.276 e. The van der Waals surface area contributed by atoms with Crippen LogP contribution in [-0.2, 0) is 5.75 Å². The highest BCUT2D eigenvalue weighted by atomic mass is 32.2. The zero-order valence-corrected chi connectivity index (χ0v) is 11.6. The summed E-state index contributed by atoms with van der Waals surface area (Å²) >= 11 is 3.00. The number of aliphatic hydroxyl groups excluding tert-OH is 1. The third-order valence-electron chi connectivity index (χ3n) is 2.27. The lowest BCUT2D eigenvalue weighted by molar-refractivity contribution is 0.203. The van der Waals surface area contributed by atoms with Crippen molar-refractivity contribution in [2.75, 3.05) is 12.0 Å². The molecule has 2 rings (SSSR count). The molecule has 0 aliphatic rings. The predicted octanol–water partition coefficient (Wildman–Crippen LogP) is 2.76. The molecule has 1 atom stereocenters. The average molecular weight is 282 g/mol. The van der Waals surface area contributed by atoms with Crippen molar-refractivity contribution in [3.8, 4) is 0 Å². The smallest absolute Gasteiger partial charge is 0.276 e. The van der Waals surface area contributed by atoms with Crippen LogP contribution in [0.4, 0.5) is 0 Å². The van der Waals surface area contributed by atoms with E-state index in [2.05, 4.69) is 10.2 Å². The van der Waals surface area contributed by atoms with E-state index in [4.69, 9.17) is 4.42 Å². The number of aromatic nitrogens is 2. The molecule has 1 aromatic heterocycles. The average Bonchev–Trinajstić information content (AvgIpc) is 2.85. The van der Waals surface area contributed by atoms with Crippen LogP contribution in [0, 0.1) is 0 Å². The van der Waals surface area contributed by atoms with Gasteiger partial charge in [-0.15, -0.1) is 10.2 Å². The van der Waals surface area contributed by atoms with Gasteiger partial charge in [0.25, 0.3) is 5.22 Å². The number of rotatable bonds is 6. The van der Waals surface area contributed by atoms with Crippen LogP contribution in [0.15, 0.2) is 40.0 Å². The van der Waals surface area contributed by atoms with Crippen LogP contribution in [0.25, 0.3) is 0 Å². The van der Waals surface area contributed by atoms with E-state index >= 15 is 0 Å². The minimum Gasteiger partial charge on any atom is -0.415 e. The fourth-order valence-electron chi connectivity index (χ4n) is 1.40. The SMILES string of the molecule is CSCc1nnc(SCC(O)c2ccccc2)o1. The molecule has 1 aromatic carbocycles. The summed E-state index contributed by atoms with van der Waals surface area (Å²) in [7, 11) is 0. The third kappa shape index (κ3) is 3.76. The molecule has 0 amide bonds. The van der Waals surface area contributed by atoms with E-state index in [9.17, 15) is 5.11 Å². The Kier molecular flexibility index (Phi) is 5.10. The van der Waals surface area contributed by atoms with Gasteiger partial charge in [-0.3, -0.25) is 0 Å². The van der Waals surface area contributed by atoms with E-state index in [1.165, 1.54) is 11.8 Å². The van der Waals surface area contributed by atoms with Crippen molar-refractivity contribution in [2.24, 2.45) is 0 Å². The third-order valence-corrected chi connectivity index (χ3v) is 3.70. The van der Waals surface area contributed by atoms with Crippen molar-refractivity contribution in [3.05, 3.63) is 41.8 Å². The van der Waals surface area contributed by atoms with E-state index in [1.807, 2.05) is 36.6 Å². The Morgan fingerprint density at radius 3 is 2.78 bits per heavy atom. The van der Waals surface area contributed by atoms with Crippen LogP contribution in [0.3, 0.4) is 0 Å². The van der Waals surface area contributed by atoms with E-state index in [-0.39, 0.29) is 0 Å². The molecule has 18 heavy (non-hydrogen) atoms. The summed E-state index contributed by atoms with van der Waals surface area (Å²) in [4.78, 5) is 0. The Hall–Kier alpha value is -0.980.